The smallest absolute Gasteiger partial charge is 0.308 e. The second kappa shape index (κ2) is 20.5. The Balaban J connectivity index is 3.86. The zero-order chi connectivity index (χ0) is 19.3. The first-order valence-corrected chi connectivity index (χ1v) is 11.4. The highest BCUT2D eigenvalue weighted by Crippen LogP contribution is 2.20. The zero-order valence-electron chi connectivity index (χ0n) is 17.6. The molecule has 0 atom stereocenters. The van der Waals surface area contributed by atoms with E-state index in [9.17, 15) is 9.59 Å². The topological polar surface area (TPSA) is 43.4 Å². The number of ether oxygens (including phenoxy) is 1. The fourth-order valence-electron chi connectivity index (χ4n) is 3.34. The molecular formula is C23H44O3. The van der Waals surface area contributed by atoms with E-state index < -0.39 is 0 Å². The maximum absolute atomic E-state index is 12.4. The number of esters is 1. The van der Waals surface area contributed by atoms with Gasteiger partial charge in [-0.25, -0.2) is 0 Å². The molecule has 26 heavy (non-hydrogen) atoms. The van der Waals surface area contributed by atoms with E-state index in [0.717, 1.165) is 57.7 Å². The number of unbranched alkanes of at least 4 members (excludes halogenated alkanes) is 12. The minimum atomic E-state index is 0.0454. The van der Waals surface area contributed by atoms with Gasteiger partial charge in [0.2, 0.25) is 0 Å². The van der Waals surface area contributed by atoms with Crippen LogP contribution < -0.4 is 0 Å². The fourth-order valence-corrected chi connectivity index (χ4v) is 3.34. The van der Waals surface area contributed by atoms with E-state index in [-0.39, 0.29) is 11.9 Å². The largest absolute Gasteiger partial charge is 0.465 e. The highest BCUT2D eigenvalue weighted by atomic mass is 16.5. The van der Waals surface area contributed by atoms with Crippen molar-refractivity contribution in [2.24, 2.45) is 5.92 Å². The SMILES string of the molecule is CCCCCCC(CCCCCC)C(=O)OCCCCCCCCC=O. The summed E-state index contributed by atoms with van der Waals surface area (Å²) >= 11 is 0. The maximum atomic E-state index is 12.4. The zero-order valence-corrected chi connectivity index (χ0v) is 17.6. The minimum Gasteiger partial charge on any atom is -0.465 e. The summed E-state index contributed by atoms with van der Waals surface area (Å²) in [5, 5.41) is 0. The lowest BCUT2D eigenvalue weighted by Gasteiger charge is -2.16. The number of rotatable bonds is 20. The first-order valence-electron chi connectivity index (χ1n) is 11.4. The van der Waals surface area contributed by atoms with E-state index >= 15 is 0 Å². The van der Waals surface area contributed by atoms with Crippen LogP contribution in [-0.2, 0) is 14.3 Å². The third kappa shape index (κ3) is 16.6. The van der Waals surface area contributed by atoms with Crippen LogP contribution in [0.15, 0.2) is 0 Å². The molecule has 0 bridgehead atoms. The molecule has 0 N–H and O–H groups in total. The Morgan fingerprint density at radius 3 is 1.77 bits per heavy atom. The molecule has 0 unspecified atom stereocenters. The molecule has 0 amide bonds. The molecule has 0 aromatic rings. The van der Waals surface area contributed by atoms with E-state index in [2.05, 4.69) is 13.8 Å². The predicted octanol–water partition coefficient (Wildman–Crippen LogP) is 7.02. The second-order valence-corrected chi connectivity index (χ2v) is 7.64. The first kappa shape index (κ1) is 25.1. The summed E-state index contributed by atoms with van der Waals surface area (Å²) in [5.41, 5.74) is 0. The molecule has 0 saturated carbocycles. The predicted molar refractivity (Wildman–Crippen MR) is 110 cm³/mol. The molecule has 154 valence electrons. The van der Waals surface area contributed by atoms with E-state index in [1.54, 1.807) is 0 Å². The molecule has 0 aliphatic rings. The van der Waals surface area contributed by atoms with Gasteiger partial charge in [-0.05, 0) is 25.7 Å². The third-order valence-corrected chi connectivity index (χ3v) is 5.11. The fraction of sp³-hybridized carbons (Fsp3) is 0.913. The van der Waals surface area contributed by atoms with E-state index in [0.29, 0.717) is 13.0 Å². The number of aldehydes is 1. The van der Waals surface area contributed by atoms with Crippen LogP contribution in [0.1, 0.15) is 123 Å². The Bertz CT molecular complexity index is 303. The van der Waals surface area contributed by atoms with Crippen LogP contribution >= 0.6 is 0 Å². The molecule has 3 heteroatoms. The van der Waals surface area contributed by atoms with Crippen LogP contribution in [0.2, 0.25) is 0 Å². The summed E-state index contributed by atoms with van der Waals surface area (Å²) < 4.78 is 5.58. The first-order chi connectivity index (χ1) is 12.8. The summed E-state index contributed by atoms with van der Waals surface area (Å²) in [5.74, 6) is 0.163. The van der Waals surface area contributed by atoms with Crippen molar-refractivity contribution in [1.29, 1.82) is 0 Å². The van der Waals surface area contributed by atoms with Crippen molar-refractivity contribution in [2.75, 3.05) is 6.61 Å². The van der Waals surface area contributed by atoms with Crippen LogP contribution in [0.5, 0.6) is 0 Å². The average molecular weight is 369 g/mol. The molecular weight excluding hydrogens is 324 g/mol. The molecule has 0 saturated heterocycles. The van der Waals surface area contributed by atoms with Gasteiger partial charge in [-0.3, -0.25) is 4.79 Å². The van der Waals surface area contributed by atoms with E-state index in [1.807, 2.05) is 0 Å². The molecule has 0 aromatic heterocycles. The van der Waals surface area contributed by atoms with Crippen LogP contribution in [0.25, 0.3) is 0 Å². The van der Waals surface area contributed by atoms with Gasteiger partial charge in [-0.1, -0.05) is 90.9 Å². The molecule has 0 radical (unpaired) electrons. The lowest BCUT2D eigenvalue weighted by atomic mass is 9.94. The van der Waals surface area contributed by atoms with Crippen molar-refractivity contribution in [3.8, 4) is 0 Å². The van der Waals surface area contributed by atoms with Crippen LogP contribution in [0.4, 0.5) is 0 Å². The quantitative estimate of drug-likeness (QED) is 0.132. The van der Waals surface area contributed by atoms with Gasteiger partial charge in [-0.2, -0.15) is 0 Å². The summed E-state index contributed by atoms with van der Waals surface area (Å²) in [6.07, 6.45) is 20.1. The Morgan fingerprint density at radius 1 is 0.731 bits per heavy atom. The van der Waals surface area contributed by atoms with Crippen molar-refractivity contribution < 1.29 is 14.3 Å². The molecule has 0 aromatic carbocycles. The van der Waals surface area contributed by atoms with Crippen molar-refractivity contribution in [3.05, 3.63) is 0 Å². The van der Waals surface area contributed by atoms with E-state index in [4.69, 9.17) is 4.74 Å². The Morgan fingerprint density at radius 2 is 1.23 bits per heavy atom. The summed E-state index contributed by atoms with van der Waals surface area (Å²) in [6, 6.07) is 0. The van der Waals surface area contributed by atoms with Crippen molar-refractivity contribution in [1.82, 2.24) is 0 Å². The molecule has 0 spiro atoms. The Hall–Kier alpha value is -0.860. The van der Waals surface area contributed by atoms with Gasteiger partial charge in [0.05, 0.1) is 12.5 Å². The molecule has 0 heterocycles. The summed E-state index contributed by atoms with van der Waals surface area (Å²) in [4.78, 5) is 22.7. The third-order valence-electron chi connectivity index (χ3n) is 5.11. The highest BCUT2D eigenvalue weighted by Gasteiger charge is 2.19. The van der Waals surface area contributed by atoms with Gasteiger partial charge in [0.1, 0.15) is 6.29 Å². The normalized spacial score (nSPS) is 11.0. The lowest BCUT2D eigenvalue weighted by Crippen LogP contribution is -2.18. The highest BCUT2D eigenvalue weighted by molar-refractivity contribution is 5.72. The standard InChI is InChI=1S/C23H44O3/c1-3-5-7-14-18-22(19-15-8-6-4-2)23(25)26-21-17-13-11-9-10-12-16-20-24/h20,22H,3-19,21H2,1-2H3. The maximum Gasteiger partial charge on any atom is 0.308 e. The number of carbonyl (C=O) groups is 2. The molecule has 0 rings (SSSR count). The minimum absolute atomic E-state index is 0.0454. The van der Waals surface area contributed by atoms with Gasteiger partial charge < -0.3 is 9.53 Å². The van der Waals surface area contributed by atoms with Gasteiger partial charge in [0.25, 0.3) is 0 Å². The van der Waals surface area contributed by atoms with Crippen molar-refractivity contribution >= 4 is 12.3 Å². The number of hydrogen-bond acceptors (Lipinski definition) is 3. The summed E-state index contributed by atoms with van der Waals surface area (Å²) in [7, 11) is 0. The monoisotopic (exact) mass is 368 g/mol. The molecule has 0 aliphatic heterocycles. The second-order valence-electron chi connectivity index (χ2n) is 7.64. The van der Waals surface area contributed by atoms with Crippen LogP contribution in [0.3, 0.4) is 0 Å². The van der Waals surface area contributed by atoms with Gasteiger partial charge in [0, 0.05) is 6.42 Å². The molecule has 0 aliphatic carbocycles. The van der Waals surface area contributed by atoms with Crippen LogP contribution in [-0.4, -0.2) is 18.9 Å². The van der Waals surface area contributed by atoms with Crippen molar-refractivity contribution in [2.45, 2.75) is 123 Å². The van der Waals surface area contributed by atoms with Gasteiger partial charge >= 0.3 is 5.97 Å². The number of hydrogen-bond donors (Lipinski definition) is 0. The van der Waals surface area contributed by atoms with Crippen LogP contribution in [0, 0.1) is 5.92 Å². The van der Waals surface area contributed by atoms with Crippen molar-refractivity contribution in [3.63, 3.8) is 0 Å². The number of carbonyl (C=O) groups excluding carboxylic acids is 2. The molecule has 3 nitrogen and oxygen atoms in total. The average Bonchev–Trinajstić information content (AvgIpc) is 2.65. The summed E-state index contributed by atoms with van der Waals surface area (Å²) in [6.45, 7) is 5.02. The molecule has 0 fully saturated rings. The van der Waals surface area contributed by atoms with Gasteiger partial charge in [0.15, 0.2) is 0 Å². The Labute approximate surface area is 162 Å². The Kier molecular flexibility index (Phi) is 19.8. The van der Waals surface area contributed by atoms with Gasteiger partial charge in [-0.15, -0.1) is 0 Å². The van der Waals surface area contributed by atoms with E-state index in [1.165, 1.54) is 51.4 Å². The lowest BCUT2D eigenvalue weighted by molar-refractivity contribution is -0.149.